The maximum absolute atomic E-state index is 13.2. The van der Waals surface area contributed by atoms with Crippen molar-refractivity contribution in [2.75, 3.05) is 0 Å². The zero-order valence-electron chi connectivity index (χ0n) is 13.5. The Balaban J connectivity index is 1.71. The third kappa shape index (κ3) is 4.58. The van der Waals surface area contributed by atoms with E-state index in [0.29, 0.717) is 18.1 Å². The molecule has 0 bridgehead atoms. The second kappa shape index (κ2) is 7.83. The van der Waals surface area contributed by atoms with Crippen molar-refractivity contribution in [1.29, 1.82) is 0 Å². The molecule has 0 N–H and O–H groups in total. The number of ether oxygens (including phenoxy) is 2. The van der Waals surface area contributed by atoms with Gasteiger partial charge < -0.3 is 9.47 Å². The molecule has 0 saturated heterocycles. The normalized spacial score (nSPS) is 11.2. The van der Waals surface area contributed by atoms with Gasteiger partial charge in [0.1, 0.15) is 29.4 Å². The standard InChI is InChI=1S/C20H14BrF3O2/c21-17-7-4-8-18(19(17)20(22,23)24)26-16-11-9-15(10-12-16)25-13-14-5-2-1-3-6-14/h1-12H,13H2. The van der Waals surface area contributed by atoms with Gasteiger partial charge in [0, 0.05) is 4.47 Å². The van der Waals surface area contributed by atoms with Crippen molar-refractivity contribution in [2.45, 2.75) is 12.8 Å². The smallest absolute Gasteiger partial charge is 0.421 e. The van der Waals surface area contributed by atoms with E-state index in [9.17, 15) is 13.2 Å². The van der Waals surface area contributed by atoms with Crippen LogP contribution >= 0.6 is 15.9 Å². The van der Waals surface area contributed by atoms with E-state index in [1.54, 1.807) is 24.3 Å². The molecule has 0 unspecified atom stereocenters. The molecular formula is C20H14BrF3O2. The Labute approximate surface area is 157 Å². The largest absolute Gasteiger partial charge is 0.489 e. The molecule has 0 heterocycles. The molecule has 0 fully saturated rings. The van der Waals surface area contributed by atoms with Crippen LogP contribution in [-0.4, -0.2) is 0 Å². The minimum Gasteiger partial charge on any atom is -0.489 e. The molecule has 3 rings (SSSR count). The number of hydrogen-bond acceptors (Lipinski definition) is 2. The first-order valence-electron chi connectivity index (χ1n) is 7.74. The molecule has 0 radical (unpaired) electrons. The van der Waals surface area contributed by atoms with Crippen LogP contribution in [0.1, 0.15) is 11.1 Å². The van der Waals surface area contributed by atoms with E-state index in [1.807, 2.05) is 30.3 Å². The van der Waals surface area contributed by atoms with Gasteiger partial charge in [0.2, 0.25) is 0 Å². The van der Waals surface area contributed by atoms with Gasteiger partial charge in [0.25, 0.3) is 0 Å². The van der Waals surface area contributed by atoms with Gasteiger partial charge in [-0.3, -0.25) is 0 Å². The van der Waals surface area contributed by atoms with Crippen LogP contribution in [-0.2, 0) is 12.8 Å². The van der Waals surface area contributed by atoms with Crippen molar-refractivity contribution in [2.24, 2.45) is 0 Å². The Morgan fingerprint density at radius 3 is 2.08 bits per heavy atom. The molecule has 134 valence electrons. The van der Waals surface area contributed by atoms with Crippen molar-refractivity contribution >= 4 is 15.9 Å². The van der Waals surface area contributed by atoms with Gasteiger partial charge in [0.15, 0.2) is 0 Å². The lowest BCUT2D eigenvalue weighted by Crippen LogP contribution is -2.08. The molecule has 3 aromatic carbocycles. The summed E-state index contributed by atoms with van der Waals surface area (Å²) in [6.07, 6.45) is -4.52. The molecule has 0 spiro atoms. The quantitative estimate of drug-likeness (QED) is 0.448. The molecule has 2 nitrogen and oxygen atoms in total. The first-order chi connectivity index (χ1) is 12.4. The van der Waals surface area contributed by atoms with Crippen molar-refractivity contribution in [3.8, 4) is 17.2 Å². The van der Waals surface area contributed by atoms with E-state index in [0.717, 1.165) is 5.56 Å². The first-order valence-corrected chi connectivity index (χ1v) is 8.53. The second-order valence-electron chi connectivity index (χ2n) is 5.46. The summed E-state index contributed by atoms with van der Waals surface area (Å²) in [5, 5.41) is 0. The summed E-state index contributed by atoms with van der Waals surface area (Å²) in [6, 6.07) is 20.2. The highest BCUT2D eigenvalue weighted by Gasteiger charge is 2.36. The van der Waals surface area contributed by atoms with E-state index in [-0.39, 0.29) is 10.2 Å². The molecule has 6 heteroatoms. The molecule has 0 saturated carbocycles. The minimum absolute atomic E-state index is 0.0645. The third-order valence-electron chi connectivity index (χ3n) is 3.56. The third-order valence-corrected chi connectivity index (χ3v) is 4.22. The summed E-state index contributed by atoms with van der Waals surface area (Å²) in [5.41, 5.74) is 0.182. The summed E-state index contributed by atoms with van der Waals surface area (Å²) >= 11 is 2.93. The number of halogens is 4. The number of hydrogen-bond donors (Lipinski definition) is 0. The van der Waals surface area contributed by atoms with Gasteiger partial charge >= 0.3 is 6.18 Å². The predicted octanol–water partition coefficient (Wildman–Crippen LogP) is 6.84. The van der Waals surface area contributed by atoms with E-state index in [2.05, 4.69) is 15.9 Å². The van der Waals surface area contributed by atoms with Crippen LogP contribution in [0.3, 0.4) is 0 Å². The van der Waals surface area contributed by atoms with Crippen LogP contribution in [0.5, 0.6) is 17.2 Å². The van der Waals surface area contributed by atoms with E-state index in [4.69, 9.17) is 9.47 Å². The van der Waals surface area contributed by atoms with E-state index >= 15 is 0 Å². The van der Waals surface area contributed by atoms with Gasteiger partial charge in [-0.1, -0.05) is 52.3 Å². The summed E-state index contributed by atoms with van der Waals surface area (Å²) < 4.78 is 50.6. The highest BCUT2D eigenvalue weighted by atomic mass is 79.9. The molecule has 3 aromatic rings. The Bertz CT molecular complexity index is 862. The predicted molar refractivity (Wildman–Crippen MR) is 96.4 cm³/mol. The molecule has 0 atom stereocenters. The average Bonchev–Trinajstić information content (AvgIpc) is 2.61. The summed E-state index contributed by atoms with van der Waals surface area (Å²) in [5.74, 6) is 0.636. The number of alkyl halides is 3. The summed E-state index contributed by atoms with van der Waals surface area (Å²) in [4.78, 5) is 0. The summed E-state index contributed by atoms with van der Waals surface area (Å²) in [7, 11) is 0. The monoisotopic (exact) mass is 422 g/mol. The molecule has 0 amide bonds. The highest BCUT2D eigenvalue weighted by molar-refractivity contribution is 9.10. The SMILES string of the molecule is FC(F)(F)c1c(Br)cccc1Oc1ccc(OCc2ccccc2)cc1. The lowest BCUT2D eigenvalue weighted by Gasteiger charge is -2.15. The Morgan fingerprint density at radius 2 is 1.42 bits per heavy atom. The van der Waals surface area contributed by atoms with E-state index < -0.39 is 11.7 Å². The second-order valence-corrected chi connectivity index (χ2v) is 6.31. The number of rotatable bonds is 5. The molecular weight excluding hydrogens is 409 g/mol. The fraction of sp³-hybridized carbons (Fsp3) is 0.100. The fourth-order valence-corrected chi connectivity index (χ4v) is 2.91. The Hall–Kier alpha value is -2.47. The lowest BCUT2D eigenvalue weighted by atomic mass is 10.2. The van der Waals surface area contributed by atoms with Gasteiger partial charge in [-0.2, -0.15) is 13.2 Å². The van der Waals surface area contributed by atoms with Crippen LogP contribution < -0.4 is 9.47 Å². The topological polar surface area (TPSA) is 18.5 Å². The van der Waals surface area contributed by atoms with E-state index in [1.165, 1.54) is 18.2 Å². The molecule has 0 aliphatic rings. The molecule has 0 aromatic heterocycles. The Morgan fingerprint density at radius 1 is 0.769 bits per heavy atom. The maximum atomic E-state index is 13.2. The van der Waals surface area contributed by atoms with Crippen LogP contribution in [0, 0.1) is 0 Å². The van der Waals surface area contributed by atoms with Crippen LogP contribution in [0.2, 0.25) is 0 Å². The van der Waals surface area contributed by atoms with Crippen molar-refractivity contribution in [3.05, 3.63) is 88.4 Å². The van der Waals surface area contributed by atoms with Gasteiger partial charge in [0.05, 0.1) is 0 Å². The van der Waals surface area contributed by atoms with Crippen molar-refractivity contribution in [3.63, 3.8) is 0 Å². The zero-order valence-corrected chi connectivity index (χ0v) is 15.0. The zero-order chi connectivity index (χ0) is 18.6. The van der Waals surface area contributed by atoms with Gasteiger partial charge in [-0.25, -0.2) is 0 Å². The van der Waals surface area contributed by atoms with Crippen LogP contribution in [0.4, 0.5) is 13.2 Å². The van der Waals surface area contributed by atoms with Crippen molar-refractivity contribution in [1.82, 2.24) is 0 Å². The molecule has 0 aliphatic carbocycles. The van der Waals surface area contributed by atoms with Crippen molar-refractivity contribution < 1.29 is 22.6 Å². The fourth-order valence-electron chi connectivity index (χ4n) is 2.34. The van der Waals surface area contributed by atoms with Crippen LogP contribution in [0.25, 0.3) is 0 Å². The van der Waals surface area contributed by atoms with Gasteiger partial charge in [-0.05, 0) is 42.0 Å². The number of benzene rings is 3. The molecule has 0 aliphatic heterocycles. The maximum Gasteiger partial charge on any atom is 0.421 e. The molecule has 26 heavy (non-hydrogen) atoms. The minimum atomic E-state index is -4.52. The Kier molecular flexibility index (Phi) is 5.52. The highest BCUT2D eigenvalue weighted by Crippen LogP contribution is 2.42. The lowest BCUT2D eigenvalue weighted by molar-refractivity contribution is -0.139. The first kappa shape index (κ1) is 18.3. The van der Waals surface area contributed by atoms with Gasteiger partial charge in [-0.15, -0.1) is 0 Å². The van der Waals surface area contributed by atoms with Crippen LogP contribution in [0.15, 0.2) is 77.3 Å². The summed E-state index contributed by atoms with van der Waals surface area (Å²) in [6.45, 7) is 0.408. The average molecular weight is 423 g/mol.